The maximum atomic E-state index is 12.3. The van der Waals surface area contributed by atoms with Gasteiger partial charge in [-0.2, -0.15) is 4.98 Å². The molecule has 0 aliphatic carbocycles. The molecular formula is C12H21N5O2. The number of aromatic nitrogens is 2. The molecule has 106 valence electrons. The Kier molecular flexibility index (Phi) is 4.49. The van der Waals surface area contributed by atoms with Gasteiger partial charge in [-0.25, -0.2) is 0 Å². The first-order valence-corrected chi connectivity index (χ1v) is 6.60. The summed E-state index contributed by atoms with van der Waals surface area (Å²) in [6.07, 6.45) is 1.92. The van der Waals surface area contributed by atoms with Gasteiger partial charge in [-0.15, -0.1) is 0 Å². The monoisotopic (exact) mass is 267 g/mol. The molecule has 0 spiro atoms. The summed E-state index contributed by atoms with van der Waals surface area (Å²) in [5.74, 6) is 0.578. The lowest BCUT2D eigenvalue weighted by Gasteiger charge is -2.39. The van der Waals surface area contributed by atoms with Crippen LogP contribution in [0.15, 0.2) is 10.9 Å². The summed E-state index contributed by atoms with van der Waals surface area (Å²) in [5, 5.41) is 9.74. The number of hydrogen-bond acceptors (Lipinski definition) is 6. The van der Waals surface area contributed by atoms with Crippen LogP contribution in [0.5, 0.6) is 0 Å². The van der Waals surface area contributed by atoms with Crippen LogP contribution in [0.25, 0.3) is 0 Å². The van der Waals surface area contributed by atoms with Crippen molar-refractivity contribution in [2.45, 2.75) is 25.8 Å². The number of carbonyl (C=O) groups excluding carboxylic acids is 1. The molecule has 0 atom stereocenters. The van der Waals surface area contributed by atoms with E-state index in [9.17, 15) is 4.79 Å². The highest BCUT2D eigenvalue weighted by atomic mass is 16.5. The van der Waals surface area contributed by atoms with Gasteiger partial charge in [0.15, 0.2) is 6.33 Å². The molecule has 1 aromatic heterocycles. The fourth-order valence-corrected chi connectivity index (χ4v) is 2.17. The number of hydrogen-bond donors (Lipinski definition) is 2. The summed E-state index contributed by atoms with van der Waals surface area (Å²) < 4.78 is 4.89. The van der Waals surface area contributed by atoms with E-state index in [0.717, 1.165) is 26.2 Å². The molecule has 2 rings (SSSR count). The number of piperazine rings is 1. The van der Waals surface area contributed by atoms with Gasteiger partial charge in [-0.1, -0.05) is 5.16 Å². The number of nitrogens with zero attached hydrogens (tertiary/aromatic N) is 3. The first-order chi connectivity index (χ1) is 9.10. The zero-order valence-electron chi connectivity index (χ0n) is 11.5. The van der Waals surface area contributed by atoms with Gasteiger partial charge in [0.2, 0.25) is 11.8 Å². The Bertz CT molecular complexity index is 398. The second-order valence-electron chi connectivity index (χ2n) is 5.14. The van der Waals surface area contributed by atoms with E-state index in [4.69, 9.17) is 4.52 Å². The van der Waals surface area contributed by atoms with E-state index in [1.54, 1.807) is 0 Å². The summed E-state index contributed by atoms with van der Waals surface area (Å²) in [4.78, 5) is 18.4. The highest BCUT2D eigenvalue weighted by molar-refractivity contribution is 5.85. The number of amides is 1. The van der Waals surface area contributed by atoms with Crippen LogP contribution in [-0.2, 0) is 11.2 Å². The van der Waals surface area contributed by atoms with Gasteiger partial charge in [0.1, 0.15) is 0 Å². The third-order valence-corrected chi connectivity index (χ3v) is 3.49. The summed E-state index contributed by atoms with van der Waals surface area (Å²) in [5.41, 5.74) is -0.489. The normalized spacial score (nSPS) is 17.4. The van der Waals surface area contributed by atoms with E-state index in [-0.39, 0.29) is 5.91 Å². The highest BCUT2D eigenvalue weighted by Gasteiger charge is 2.34. The predicted molar refractivity (Wildman–Crippen MR) is 69.5 cm³/mol. The highest BCUT2D eigenvalue weighted by Crippen LogP contribution is 2.15. The van der Waals surface area contributed by atoms with Crippen LogP contribution in [-0.4, -0.2) is 59.2 Å². The first kappa shape index (κ1) is 14.0. The van der Waals surface area contributed by atoms with E-state index in [0.29, 0.717) is 18.9 Å². The lowest BCUT2D eigenvalue weighted by atomic mass is 10.0. The van der Waals surface area contributed by atoms with Crippen molar-refractivity contribution in [3.63, 3.8) is 0 Å². The molecule has 0 radical (unpaired) electrons. The maximum absolute atomic E-state index is 12.3. The molecule has 1 aliphatic rings. The molecule has 1 aromatic rings. The van der Waals surface area contributed by atoms with Crippen LogP contribution < -0.4 is 10.6 Å². The van der Waals surface area contributed by atoms with Gasteiger partial charge in [0.05, 0.1) is 5.54 Å². The number of nitrogens with one attached hydrogen (secondary N) is 2. The van der Waals surface area contributed by atoms with Crippen LogP contribution in [0, 0.1) is 0 Å². The van der Waals surface area contributed by atoms with Crippen molar-refractivity contribution in [2.24, 2.45) is 0 Å². The Morgan fingerprint density at radius 1 is 1.53 bits per heavy atom. The van der Waals surface area contributed by atoms with E-state index in [2.05, 4.69) is 25.7 Å². The Labute approximate surface area is 112 Å². The third kappa shape index (κ3) is 3.51. The summed E-state index contributed by atoms with van der Waals surface area (Å²) in [7, 11) is 0. The van der Waals surface area contributed by atoms with Gasteiger partial charge >= 0.3 is 0 Å². The maximum Gasteiger partial charge on any atom is 0.239 e. The molecular weight excluding hydrogens is 246 g/mol. The molecule has 1 amide bonds. The topological polar surface area (TPSA) is 83.3 Å². The van der Waals surface area contributed by atoms with Crippen LogP contribution in [0.3, 0.4) is 0 Å². The third-order valence-electron chi connectivity index (χ3n) is 3.49. The predicted octanol–water partition coefficient (Wildman–Crippen LogP) is -0.588. The second kappa shape index (κ2) is 6.12. The van der Waals surface area contributed by atoms with Gasteiger partial charge in [0.25, 0.3) is 0 Å². The molecule has 19 heavy (non-hydrogen) atoms. The van der Waals surface area contributed by atoms with Crippen LogP contribution in [0.1, 0.15) is 19.7 Å². The van der Waals surface area contributed by atoms with Gasteiger partial charge in [-0.3, -0.25) is 9.69 Å². The van der Waals surface area contributed by atoms with Crippen molar-refractivity contribution >= 4 is 5.91 Å². The van der Waals surface area contributed by atoms with Crippen molar-refractivity contribution < 1.29 is 9.32 Å². The fourth-order valence-electron chi connectivity index (χ4n) is 2.17. The molecule has 0 unspecified atom stereocenters. The Morgan fingerprint density at radius 2 is 2.26 bits per heavy atom. The molecule has 0 bridgehead atoms. The average Bonchev–Trinajstić information content (AvgIpc) is 2.93. The molecule has 0 aromatic carbocycles. The van der Waals surface area contributed by atoms with E-state index >= 15 is 0 Å². The fraction of sp³-hybridized carbons (Fsp3) is 0.750. The van der Waals surface area contributed by atoms with E-state index in [1.807, 2.05) is 13.8 Å². The minimum atomic E-state index is -0.489. The number of carbonyl (C=O) groups is 1. The first-order valence-electron chi connectivity index (χ1n) is 6.60. The van der Waals surface area contributed by atoms with Crippen molar-refractivity contribution in [3.05, 3.63) is 12.2 Å². The van der Waals surface area contributed by atoms with Crippen molar-refractivity contribution in [1.82, 2.24) is 25.7 Å². The quantitative estimate of drug-likeness (QED) is 0.742. The van der Waals surface area contributed by atoms with E-state index in [1.165, 1.54) is 6.33 Å². The smallest absolute Gasteiger partial charge is 0.239 e. The Morgan fingerprint density at radius 3 is 2.89 bits per heavy atom. The lowest BCUT2D eigenvalue weighted by Crippen LogP contribution is -2.60. The minimum Gasteiger partial charge on any atom is -0.354 e. The molecule has 2 heterocycles. The molecule has 1 aliphatic heterocycles. The molecule has 7 nitrogen and oxygen atoms in total. The van der Waals surface area contributed by atoms with Crippen LogP contribution in [0.2, 0.25) is 0 Å². The van der Waals surface area contributed by atoms with Crippen LogP contribution in [0.4, 0.5) is 0 Å². The van der Waals surface area contributed by atoms with Crippen molar-refractivity contribution in [1.29, 1.82) is 0 Å². The molecule has 0 saturated carbocycles. The Balaban J connectivity index is 1.80. The van der Waals surface area contributed by atoms with Gasteiger partial charge in [-0.05, 0) is 13.8 Å². The Hall–Kier alpha value is -1.47. The minimum absolute atomic E-state index is 0.0360. The molecule has 1 saturated heterocycles. The average molecular weight is 267 g/mol. The lowest BCUT2D eigenvalue weighted by molar-refractivity contribution is -0.132. The molecule has 1 fully saturated rings. The molecule has 7 heteroatoms. The standard InChI is InChI=1S/C12H21N5O2/c1-12(2,17-7-5-13-6-8-17)11(18)14-4-3-10-15-9-16-19-10/h9,13H,3-8H2,1-2H3,(H,14,18). The number of rotatable bonds is 5. The van der Waals surface area contributed by atoms with Crippen molar-refractivity contribution in [2.75, 3.05) is 32.7 Å². The largest absolute Gasteiger partial charge is 0.354 e. The zero-order valence-corrected chi connectivity index (χ0v) is 11.5. The molecule has 2 N–H and O–H groups in total. The van der Waals surface area contributed by atoms with Gasteiger partial charge < -0.3 is 15.2 Å². The van der Waals surface area contributed by atoms with Gasteiger partial charge in [0, 0.05) is 39.1 Å². The van der Waals surface area contributed by atoms with Crippen molar-refractivity contribution in [3.8, 4) is 0 Å². The second-order valence-corrected chi connectivity index (χ2v) is 5.14. The summed E-state index contributed by atoms with van der Waals surface area (Å²) >= 11 is 0. The SMILES string of the molecule is CC(C)(C(=O)NCCc1ncno1)N1CCNCC1. The zero-order chi connectivity index (χ0) is 13.7. The van der Waals surface area contributed by atoms with Crippen LogP contribution >= 0.6 is 0 Å². The summed E-state index contributed by atoms with van der Waals surface area (Å²) in [6, 6.07) is 0. The van der Waals surface area contributed by atoms with E-state index < -0.39 is 5.54 Å². The summed E-state index contributed by atoms with van der Waals surface area (Å²) in [6.45, 7) is 8.07.